The van der Waals surface area contributed by atoms with E-state index in [1.54, 1.807) is 0 Å². The van der Waals surface area contributed by atoms with Crippen molar-refractivity contribution in [2.75, 3.05) is 18.4 Å². The Morgan fingerprint density at radius 3 is 2.48 bits per heavy atom. The average Bonchev–Trinajstić information content (AvgIpc) is 2.52. The molecule has 3 heteroatoms. The van der Waals surface area contributed by atoms with Crippen molar-refractivity contribution in [1.82, 2.24) is 4.90 Å². The molecule has 0 aliphatic rings. The zero-order valence-electron chi connectivity index (χ0n) is 12.8. The molecule has 0 heterocycles. The van der Waals surface area contributed by atoms with E-state index in [1.165, 1.54) is 16.8 Å². The molecule has 0 saturated carbocycles. The SMILES string of the molecule is CCN(CC)Cc1cccc(NCc2ccccc2Br)c1. The molecule has 0 fully saturated rings. The third-order valence-electron chi connectivity index (χ3n) is 3.67. The Labute approximate surface area is 136 Å². The van der Waals surface area contributed by atoms with Crippen LogP contribution in [0.25, 0.3) is 0 Å². The highest BCUT2D eigenvalue weighted by Crippen LogP contribution is 2.18. The molecule has 2 aromatic rings. The van der Waals surface area contributed by atoms with E-state index in [4.69, 9.17) is 0 Å². The molecule has 0 aliphatic carbocycles. The van der Waals surface area contributed by atoms with E-state index < -0.39 is 0 Å². The molecule has 21 heavy (non-hydrogen) atoms. The second-order valence-electron chi connectivity index (χ2n) is 5.11. The zero-order valence-corrected chi connectivity index (χ0v) is 14.4. The van der Waals surface area contributed by atoms with E-state index in [-0.39, 0.29) is 0 Å². The van der Waals surface area contributed by atoms with Crippen molar-refractivity contribution in [1.29, 1.82) is 0 Å². The molecule has 0 atom stereocenters. The van der Waals surface area contributed by atoms with Crippen LogP contribution in [0, 0.1) is 0 Å². The molecule has 112 valence electrons. The summed E-state index contributed by atoms with van der Waals surface area (Å²) in [6, 6.07) is 17.0. The normalized spacial score (nSPS) is 10.9. The summed E-state index contributed by atoms with van der Waals surface area (Å²) in [5.74, 6) is 0. The van der Waals surface area contributed by atoms with E-state index >= 15 is 0 Å². The van der Waals surface area contributed by atoms with Gasteiger partial charge in [0, 0.05) is 23.2 Å². The third-order valence-corrected chi connectivity index (χ3v) is 4.44. The van der Waals surface area contributed by atoms with E-state index in [0.29, 0.717) is 0 Å². The number of hydrogen-bond donors (Lipinski definition) is 1. The quantitative estimate of drug-likeness (QED) is 0.766. The molecular weight excluding hydrogens is 324 g/mol. The van der Waals surface area contributed by atoms with Gasteiger partial charge in [-0.1, -0.05) is 60.1 Å². The molecule has 0 radical (unpaired) electrons. The van der Waals surface area contributed by atoms with Gasteiger partial charge in [-0.25, -0.2) is 0 Å². The summed E-state index contributed by atoms with van der Waals surface area (Å²) in [6.07, 6.45) is 0. The van der Waals surface area contributed by atoms with Crippen molar-refractivity contribution in [3.8, 4) is 0 Å². The lowest BCUT2D eigenvalue weighted by molar-refractivity contribution is 0.296. The van der Waals surface area contributed by atoms with Crippen LogP contribution in [0.15, 0.2) is 53.0 Å². The summed E-state index contributed by atoms with van der Waals surface area (Å²) in [7, 11) is 0. The van der Waals surface area contributed by atoms with Gasteiger partial charge in [0.25, 0.3) is 0 Å². The minimum atomic E-state index is 0.830. The van der Waals surface area contributed by atoms with Crippen LogP contribution < -0.4 is 5.32 Å². The second-order valence-corrected chi connectivity index (χ2v) is 5.96. The van der Waals surface area contributed by atoms with Gasteiger partial charge >= 0.3 is 0 Å². The number of halogens is 1. The van der Waals surface area contributed by atoms with E-state index in [2.05, 4.69) is 82.5 Å². The highest BCUT2D eigenvalue weighted by Gasteiger charge is 2.03. The lowest BCUT2D eigenvalue weighted by Gasteiger charge is -2.18. The largest absolute Gasteiger partial charge is 0.381 e. The highest BCUT2D eigenvalue weighted by atomic mass is 79.9. The molecule has 2 aromatic carbocycles. The van der Waals surface area contributed by atoms with Crippen molar-refractivity contribution in [3.63, 3.8) is 0 Å². The van der Waals surface area contributed by atoms with Crippen LogP contribution in [0.2, 0.25) is 0 Å². The Kier molecular flexibility index (Phi) is 6.27. The van der Waals surface area contributed by atoms with Gasteiger partial charge in [0.15, 0.2) is 0 Å². The van der Waals surface area contributed by atoms with E-state index in [9.17, 15) is 0 Å². The van der Waals surface area contributed by atoms with Crippen molar-refractivity contribution >= 4 is 21.6 Å². The number of nitrogens with one attached hydrogen (secondary N) is 1. The van der Waals surface area contributed by atoms with Gasteiger partial charge in [-0.05, 0) is 42.4 Å². The fourth-order valence-electron chi connectivity index (χ4n) is 2.32. The molecule has 2 rings (SSSR count). The van der Waals surface area contributed by atoms with Crippen molar-refractivity contribution in [3.05, 3.63) is 64.1 Å². The number of rotatable bonds is 7. The summed E-state index contributed by atoms with van der Waals surface area (Å²) in [5.41, 5.74) is 3.80. The first-order chi connectivity index (χ1) is 10.2. The molecule has 1 N–H and O–H groups in total. The molecular formula is C18H23BrN2. The molecule has 0 aliphatic heterocycles. The van der Waals surface area contributed by atoms with Gasteiger partial charge in [-0.2, -0.15) is 0 Å². The highest BCUT2D eigenvalue weighted by molar-refractivity contribution is 9.10. The van der Waals surface area contributed by atoms with Crippen LogP contribution in [0.1, 0.15) is 25.0 Å². The van der Waals surface area contributed by atoms with Crippen LogP contribution in [0.5, 0.6) is 0 Å². The first-order valence-electron chi connectivity index (χ1n) is 7.51. The Balaban J connectivity index is 1.99. The van der Waals surface area contributed by atoms with Crippen LogP contribution in [-0.2, 0) is 13.1 Å². The number of hydrogen-bond acceptors (Lipinski definition) is 2. The van der Waals surface area contributed by atoms with Crippen molar-refractivity contribution < 1.29 is 0 Å². The van der Waals surface area contributed by atoms with Gasteiger partial charge in [-0.3, -0.25) is 4.90 Å². The van der Waals surface area contributed by atoms with Gasteiger partial charge in [-0.15, -0.1) is 0 Å². The lowest BCUT2D eigenvalue weighted by atomic mass is 10.1. The van der Waals surface area contributed by atoms with Crippen molar-refractivity contribution in [2.24, 2.45) is 0 Å². The summed E-state index contributed by atoms with van der Waals surface area (Å²) >= 11 is 3.59. The number of nitrogens with zero attached hydrogens (tertiary/aromatic N) is 1. The predicted molar refractivity (Wildman–Crippen MR) is 94.5 cm³/mol. The van der Waals surface area contributed by atoms with E-state index in [0.717, 1.165) is 30.7 Å². The minimum absolute atomic E-state index is 0.830. The molecule has 0 aromatic heterocycles. The Hall–Kier alpha value is -1.32. The Bertz CT molecular complexity index is 565. The van der Waals surface area contributed by atoms with Gasteiger partial charge in [0.1, 0.15) is 0 Å². The Morgan fingerprint density at radius 2 is 1.76 bits per heavy atom. The monoisotopic (exact) mass is 346 g/mol. The van der Waals surface area contributed by atoms with Crippen LogP contribution >= 0.6 is 15.9 Å². The van der Waals surface area contributed by atoms with Crippen LogP contribution in [-0.4, -0.2) is 18.0 Å². The summed E-state index contributed by atoms with van der Waals surface area (Å²) in [5, 5.41) is 3.50. The fourth-order valence-corrected chi connectivity index (χ4v) is 2.75. The van der Waals surface area contributed by atoms with Gasteiger partial charge in [0.05, 0.1) is 0 Å². The maximum atomic E-state index is 3.59. The standard InChI is InChI=1S/C18H23BrN2/c1-3-21(4-2)14-15-8-7-10-17(12-15)20-13-16-9-5-6-11-18(16)19/h5-12,20H,3-4,13-14H2,1-2H3. The van der Waals surface area contributed by atoms with Gasteiger partial charge in [0.2, 0.25) is 0 Å². The number of anilines is 1. The molecule has 2 nitrogen and oxygen atoms in total. The maximum Gasteiger partial charge on any atom is 0.0411 e. The molecule has 0 spiro atoms. The molecule has 0 bridgehead atoms. The third kappa shape index (κ3) is 4.87. The number of benzene rings is 2. The maximum absolute atomic E-state index is 3.59. The van der Waals surface area contributed by atoms with Gasteiger partial charge < -0.3 is 5.32 Å². The smallest absolute Gasteiger partial charge is 0.0411 e. The predicted octanol–water partition coefficient (Wildman–Crippen LogP) is 4.90. The minimum Gasteiger partial charge on any atom is -0.381 e. The average molecular weight is 347 g/mol. The summed E-state index contributed by atoms with van der Waals surface area (Å²) in [4.78, 5) is 2.42. The van der Waals surface area contributed by atoms with Crippen LogP contribution in [0.3, 0.4) is 0 Å². The van der Waals surface area contributed by atoms with Crippen LogP contribution in [0.4, 0.5) is 5.69 Å². The first-order valence-corrected chi connectivity index (χ1v) is 8.30. The van der Waals surface area contributed by atoms with Crippen molar-refractivity contribution in [2.45, 2.75) is 26.9 Å². The Morgan fingerprint density at radius 1 is 1.00 bits per heavy atom. The molecule has 0 saturated heterocycles. The summed E-state index contributed by atoms with van der Waals surface area (Å²) in [6.45, 7) is 8.43. The molecule has 0 unspecified atom stereocenters. The van der Waals surface area contributed by atoms with E-state index in [1.807, 2.05) is 6.07 Å². The topological polar surface area (TPSA) is 15.3 Å². The second kappa shape index (κ2) is 8.20. The molecule has 0 amide bonds. The summed E-state index contributed by atoms with van der Waals surface area (Å²) < 4.78 is 1.15. The lowest BCUT2D eigenvalue weighted by Crippen LogP contribution is -2.22. The fraction of sp³-hybridized carbons (Fsp3) is 0.333. The zero-order chi connectivity index (χ0) is 15.1. The first kappa shape index (κ1) is 16.1.